The number of aliphatic imine (C=N–C) groups is 1. The summed E-state index contributed by atoms with van der Waals surface area (Å²) >= 11 is 1.55. The second kappa shape index (κ2) is 9.28. The fourth-order valence-corrected chi connectivity index (χ4v) is 5.65. The number of hydrogen-bond donors (Lipinski definition) is 0. The van der Waals surface area contributed by atoms with E-state index in [-0.39, 0.29) is 17.6 Å². The number of methoxy groups -OCH3 is 2. The van der Waals surface area contributed by atoms with Crippen LogP contribution < -0.4 is 9.47 Å². The molecule has 2 aromatic rings. The standard InChI is InChI=1S/C25H27NO5S/c1-5-31-19-9-8-15(13-20(19)29-3)16-11-17-23(18(27)12-16)24(21-7-6-10-32-21)22(14(2)26-17)25(28)30-4/h6-10,13,16,23-24H,5,11-12H2,1-4H3/t16-,23?,24+/m0/s1. The zero-order chi connectivity index (χ0) is 22.8. The molecular formula is C25H27NO5S. The Kier molecular flexibility index (Phi) is 6.46. The summed E-state index contributed by atoms with van der Waals surface area (Å²) in [5.41, 5.74) is 2.97. The lowest BCUT2D eigenvalue weighted by Crippen LogP contribution is -2.40. The van der Waals surface area contributed by atoms with Crippen molar-refractivity contribution in [3.05, 3.63) is 57.4 Å². The van der Waals surface area contributed by atoms with Crippen LogP contribution in [0.3, 0.4) is 0 Å². The number of ether oxygens (including phenoxy) is 3. The fourth-order valence-electron chi connectivity index (χ4n) is 4.78. The molecule has 2 heterocycles. The number of thiophene rings is 1. The molecule has 4 rings (SSSR count). The second-order valence-electron chi connectivity index (χ2n) is 7.98. The number of nitrogens with zero attached hydrogens (tertiary/aromatic N) is 1. The van der Waals surface area contributed by atoms with E-state index < -0.39 is 11.9 Å². The van der Waals surface area contributed by atoms with E-state index >= 15 is 0 Å². The maximum Gasteiger partial charge on any atom is 0.336 e. The van der Waals surface area contributed by atoms with Crippen molar-refractivity contribution in [1.82, 2.24) is 0 Å². The number of carbonyl (C=O) groups excluding carboxylic acids is 2. The third-order valence-electron chi connectivity index (χ3n) is 6.17. The first-order valence-electron chi connectivity index (χ1n) is 10.7. The molecule has 168 valence electrons. The van der Waals surface area contributed by atoms with Crippen LogP contribution in [0, 0.1) is 5.92 Å². The van der Waals surface area contributed by atoms with Crippen LogP contribution in [0.15, 0.2) is 52.0 Å². The van der Waals surface area contributed by atoms with Crippen molar-refractivity contribution in [2.45, 2.75) is 38.5 Å². The van der Waals surface area contributed by atoms with E-state index in [1.165, 1.54) is 7.11 Å². The summed E-state index contributed by atoms with van der Waals surface area (Å²) in [6.45, 7) is 4.30. The molecule has 0 N–H and O–H groups in total. The second-order valence-corrected chi connectivity index (χ2v) is 8.96. The molecule has 1 aromatic carbocycles. The van der Waals surface area contributed by atoms with Crippen molar-refractivity contribution in [2.75, 3.05) is 20.8 Å². The summed E-state index contributed by atoms with van der Waals surface area (Å²) in [6, 6.07) is 9.76. The molecule has 1 unspecified atom stereocenters. The monoisotopic (exact) mass is 453 g/mol. The van der Waals surface area contributed by atoms with Gasteiger partial charge in [0.15, 0.2) is 11.5 Å². The van der Waals surface area contributed by atoms with Crippen LogP contribution in [0.1, 0.15) is 49.0 Å². The highest BCUT2D eigenvalue weighted by Crippen LogP contribution is 2.47. The molecule has 1 aliphatic heterocycles. The highest BCUT2D eigenvalue weighted by molar-refractivity contribution is 7.10. The van der Waals surface area contributed by atoms with Gasteiger partial charge in [-0.05, 0) is 55.3 Å². The summed E-state index contributed by atoms with van der Waals surface area (Å²) in [5.74, 6) is 0.233. The van der Waals surface area contributed by atoms with Crippen molar-refractivity contribution in [1.29, 1.82) is 0 Å². The number of fused-ring (bicyclic) bond motifs is 1. The summed E-state index contributed by atoms with van der Waals surface area (Å²) in [4.78, 5) is 31.9. The van der Waals surface area contributed by atoms with Gasteiger partial charge in [0.05, 0.1) is 32.3 Å². The number of benzene rings is 1. The molecule has 2 aliphatic rings. The minimum atomic E-state index is -0.438. The third-order valence-corrected chi connectivity index (χ3v) is 7.12. The van der Waals surface area contributed by atoms with Crippen LogP contribution >= 0.6 is 11.3 Å². The number of hydrogen-bond acceptors (Lipinski definition) is 7. The van der Waals surface area contributed by atoms with Crippen LogP contribution in [0.25, 0.3) is 0 Å². The summed E-state index contributed by atoms with van der Waals surface area (Å²) in [6.07, 6.45) is 1.04. The van der Waals surface area contributed by atoms with Gasteiger partial charge in [-0.1, -0.05) is 12.1 Å². The van der Waals surface area contributed by atoms with E-state index in [2.05, 4.69) is 0 Å². The van der Waals surface area contributed by atoms with Gasteiger partial charge in [0.25, 0.3) is 0 Å². The Balaban J connectivity index is 1.72. The predicted molar refractivity (Wildman–Crippen MR) is 124 cm³/mol. The molecule has 0 saturated heterocycles. The van der Waals surface area contributed by atoms with Gasteiger partial charge < -0.3 is 14.2 Å². The van der Waals surface area contributed by atoms with Crippen molar-refractivity contribution in [3.63, 3.8) is 0 Å². The van der Waals surface area contributed by atoms with Gasteiger partial charge >= 0.3 is 5.97 Å². The highest BCUT2D eigenvalue weighted by atomic mass is 32.1. The number of carbonyl (C=O) groups is 2. The Morgan fingerprint density at radius 2 is 1.97 bits per heavy atom. The Morgan fingerprint density at radius 3 is 2.62 bits per heavy atom. The average molecular weight is 454 g/mol. The van der Waals surface area contributed by atoms with E-state index in [1.807, 2.05) is 49.6 Å². The minimum absolute atomic E-state index is 0.00135. The quantitative estimate of drug-likeness (QED) is 0.582. The molecule has 0 radical (unpaired) electrons. The Labute approximate surface area is 191 Å². The van der Waals surface area contributed by atoms with E-state index in [1.54, 1.807) is 18.4 Å². The van der Waals surface area contributed by atoms with E-state index in [4.69, 9.17) is 19.2 Å². The van der Waals surface area contributed by atoms with Crippen molar-refractivity contribution < 1.29 is 23.8 Å². The van der Waals surface area contributed by atoms with Gasteiger partial charge in [-0.2, -0.15) is 0 Å². The first-order valence-corrected chi connectivity index (χ1v) is 11.6. The molecule has 7 heteroatoms. The number of esters is 1. The number of Topliss-reactive ketones (excluding diaryl/α,β-unsaturated/α-hetero) is 1. The van der Waals surface area contributed by atoms with Gasteiger partial charge in [0, 0.05) is 28.6 Å². The molecule has 6 nitrogen and oxygen atoms in total. The lowest BCUT2D eigenvalue weighted by molar-refractivity contribution is -0.136. The summed E-state index contributed by atoms with van der Waals surface area (Å²) in [7, 11) is 2.98. The van der Waals surface area contributed by atoms with Gasteiger partial charge in [-0.15, -0.1) is 11.3 Å². The van der Waals surface area contributed by atoms with Gasteiger partial charge in [0.2, 0.25) is 0 Å². The third kappa shape index (κ3) is 3.97. The molecule has 1 aromatic heterocycles. The molecular weight excluding hydrogens is 426 g/mol. The van der Waals surface area contributed by atoms with Crippen molar-refractivity contribution in [3.8, 4) is 11.5 Å². The lowest BCUT2D eigenvalue weighted by Gasteiger charge is -2.37. The number of allylic oxidation sites excluding steroid dienone is 1. The maximum atomic E-state index is 13.5. The van der Waals surface area contributed by atoms with E-state index in [9.17, 15) is 9.59 Å². The zero-order valence-corrected chi connectivity index (χ0v) is 19.5. The molecule has 1 saturated carbocycles. The van der Waals surface area contributed by atoms with Crippen LogP contribution in [0.4, 0.5) is 0 Å². The summed E-state index contributed by atoms with van der Waals surface area (Å²) < 4.78 is 16.2. The predicted octanol–water partition coefficient (Wildman–Crippen LogP) is 4.90. The van der Waals surface area contributed by atoms with Crippen molar-refractivity contribution >= 4 is 28.8 Å². The Morgan fingerprint density at radius 1 is 1.16 bits per heavy atom. The highest BCUT2D eigenvalue weighted by Gasteiger charge is 2.46. The minimum Gasteiger partial charge on any atom is -0.493 e. The van der Waals surface area contributed by atoms with E-state index in [0.717, 1.165) is 16.2 Å². The average Bonchev–Trinajstić information content (AvgIpc) is 3.32. The van der Waals surface area contributed by atoms with Crippen LogP contribution in [0.2, 0.25) is 0 Å². The maximum absolute atomic E-state index is 13.5. The zero-order valence-electron chi connectivity index (χ0n) is 18.7. The first-order chi connectivity index (χ1) is 15.5. The Bertz CT molecular complexity index is 1090. The number of rotatable bonds is 6. The largest absolute Gasteiger partial charge is 0.493 e. The molecule has 1 fully saturated rings. The lowest BCUT2D eigenvalue weighted by atomic mass is 9.67. The first kappa shape index (κ1) is 22.3. The molecule has 0 bridgehead atoms. The van der Waals surface area contributed by atoms with Crippen molar-refractivity contribution in [2.24, 2.45) is 10.9 Å². The smallest absolute Gasteiger partial charge is 0.336 e. The van der Waals surface area contributed by atoms with Gasteiger partial charge in [-0.25, -0.2) is 4.79 Å². The molecule has 32 heavy (non-hydrogen) atoms. The summed E-state index contributed by atoms with van der Waals surface area (Å²) in [5, 5.41) is 1.97. The van der Waals surface area contributed by atoms with Gasteiger partial charge in [-0.3, -0.25) is 9.79 Å². The number of ketones is 1. The normalized spacial score (nSPS) is 22.8. The topological polar surface area (TPSA) is 74.2 Å². The van der Waals surface area contributed by atoms with E-state index in [0.29, 0.717) is 42.2 Å². The molecule has 0 amide bonds. The van der Waals surface area contributed by atoms with Gasteiger partial charge in [0.1, 0.15) is 5.78 Å². The fraction of sp³-hybridized carbons (Fsp3) is 0.400. The molecule has 0 spiro atoms. The Hall–Kier alpha value is -2.93. The van der Waals surface area contributed by atoms with Crippen LogP contribution in [0.5, 0.6) is 11.5 Å². The molecule has 3 atom stereocenters. The van der Waals surface area contributed by atoms with Crippen LogP contribution in [-0.4, -0.2) is 38.3 Å². The SMILES string of the molecule is CCOc1ccc([C@@H]2CC(=O)C3C(=NC(C)=C(C(=O)OC)[C@H]3c3cccs3)C2)cc1OC. The van der Waals surface area contributed by atoms with Crippen LogP contribution in [-0.2, 0) is 14.3 Å². The molecule has 1 aliphatic carbocycles.